The molecule has 7 nitrogen and oxygen atoms in total. The van der Waals surface area contributed by atoms with E-state index in [1.807, 2.05) is 11.8 Å². The fourth-order valence-electron chi connectivity index (χ4n) is 2.96. The highest BCUT2D eigenvalue weighted by Crippen LogP contribution is 2.18. The van der Waals surface area contributed by atoms with Crippen molar-refractivity contribution >= 4 is 23.5 Å². The molecule has 0 aliphatic carbocycles. The van der Waals surface area contributed by atoms with Crippen LogP contribution in [0.25, 0.3) is 0 Å². The number of nitrogens with one attached hydrogen (secondary N) is 1. The molecule has 1 N–H and O–H groups in total. The van der Waals surface area contributed by atoms with Gasteiger partial charge < -0.3 is 15.0 Å². The van der Waals surface area contributed by atoms with Crippen molar-refractivity contribution in [2.45, 2.75) is 26.2 Å². The van der Waals surface area contributed by atoms with Gasteiger partial charge in [0.2, 0.25) is 5.95 Å². The molecular weight excluding hydrogens is 332 g/mol. The molecule has 1 saturated heterocycles. The molecule has 26 heavy (non-hydrogen) atoms. The molecule has 1 amide bonds. The van der Waals surface area contributed by atoms with Crippen LogP contribution >= 0.6 is 0 Å². The topological polar surface area (TPSA) is 84.4 Å². The fourth-order valence-corrected chi connectivity index (χ4v) is 2.96. The molecule has 1 aliphatic rings. The van der Waals surface area contributed by atoms with Gasteiger partial charge in [-0.05, 0) is 50.5 Å². The number of rotatable bonds is 4. The van der Waals surface area contributed by atoms with Crippen LogP contribution in [0.1, 0.15) is 45.8 Å². The van der Waals surface area contributed by atoms with Crippen molar-refractivity contribution in [3.8, 4) is 0 Å². The monoisotopic (exact) mass is 354 g/mol. The van der Waals surface area contributed by atoms with E-state index in [-0.39, 0.29) is 5.91 Å². The van der Waals surface area contributed by atoms with Crippen molar-refractivity contribution in [2.24, 2.45) is 0 Å². The Labute approximate surface area is 152 Å². The van der Waals surface area contributed by atoms with Gasteiger partial charge in [0.15, 0.2) is 0 Å². The van der Waals surface area contributed by atoms with E-state index in [9.17, 15) is 9.59 Å². The van der Waals surface area contributed by atoms with Gasteiger partial charge in [0.1, 0.15) is 5.69 Å². The van der Waals surface area contributed by atoms with Crippen molar-refractivity contribution in [1.82, 2.24) is 14.9 Å². The highest BCUT2D eigenvalue weighted by molar-refractivity contribution is 5.93. The molecule has 3 rings (SSSR count). The Balaban J connectivity index is 1.81. The Hall–Kier alpha value is -2.96. The quantitative estimate of drug-likeness (QED) is 0.850. The summed E-state index contributed by atoms with van der Waals surface area (Å²) < 4.78 is 4.73. The number of aryl methyl sites for hydroxylation is 1. The first-order valence-corrected chi connectivity index (χ1v) is 8.67. The lowest BCUT2D eigenvalue weighted by atomic mass is 10.1. The van der Waals surface area contributed by atoms with Gasteiger partial charge in [-0.25, -0.2) is 14.8 Å². The van der Waals surface area contributed by atoms with Gasteiger partial charge in [-0.15, -0.1) is 0 Å². The zero-order chi connectivity index (χ0) is 18.5. The van der Waals surface area contributed by atoms with Gasteiger partial charge >= 0.3 is 5.97 Å². The second kappa shape index (κ2) is 7.95. The Bertz CT molecular complexity index is 816. The summed E-state index contributed by atoms with van der Waals surface area (Å²) in [7, 11) is 1.34. The number of ether oxygens (including phenoxy) is 1. The molecule has 0 bridgehead atoms. The van der Waals surface area contributed by atoms with Crippen molar-refractivity contribution in [1.29, 1.82) is 0 Å². The number of hydrogen-bond acceptors (Lipinski definition) is 6. The van der Waals surface area contributed by atoms with E-state index < -0.39 is 5.97 Å². The highest BCUT2D eigenvalue weighted by atomic mass is 16.5. The minimum Gasteiger partial charge on any atom is -0.465 e. The molecule has 1 aliphatic heterocycles. The van der Waals surface area contributed by atoms with Gasteiger partial charge in [-0.1, -0.05) is 6.07 Å². The van der Waals surface area contributed by atoms with Gasteiger partial charge in [0.25, 0.3) is 5.91 Å². The van der Waals surface area contributed by atoms with Crippen LogP contribution < -0.4 is 5.32 Å². The first-order valence-electron chi connectivity index (χ1n) is 8.67. The lowest BCUT2D eigenvalue weighted by Gasteiger charge is -2.26. The van der Waals surface area contributed by atoms with Crippen LogP contribution in [0, 0.1) is 6.92 Å². The molecule has 0 saturated carbocycles. The smallest absolute Gasteiger partial charge is 0.337 e. The molecule has 1 aromatic carbocycles. The Kier molecular flexibility index (Phi) is 5.46. The summed E-state index contributed by atoms with van der Waals surface area (Å²) in [6.07, 6.45) is 3.22. The van der Waals surface area contributed by atoms with Crippen LogP contribution in [-0.2, 0) is 4.74 Å². The predicted octanol–water partition coefficient (Wildman–Crippen LogP) is 2.94. The predicted molar refractivity (Wildman–Crippen MR) is 97.6 cm³/mol. The van der Waals surface area contributed by atoms with Crippen LogP contribution in [0.4, 0.5) is 11.6 Å². The number of methoxy groups -OCH3 is 1. The van der Waals surface area contributed by atoms with Crippen molar-refractivity contribution < 1.29 is 14.3 Å². The van der Waals surface area contributed by atoms with Crippen LogP contribution in [0.5, 0.6) is 0 Å². The standard InChI is InChI=1S/C19H22N4O3/c1-13-11-16(17(24)23-9-4-3-5-10-23)22-19(20-13)21-15-8-6-7-14(12-15)18(25)26-2/h6-8,11-12H,3-5,9-10H2,1-2H3,(H,20,21,22). The third kappa shape index (κ3) is 4.17. The second-order valence-electron chi connectivity index (χ2n) is 6.27. The molecule has 136 valence electrons. The first-order chi connectivity index (χ1) is 12.6. The number of hydrogen-bond donors (Lipinski definition) is 1. The van der Waals surface area contributed by atoms with Gasteiger partial charge in [-0.3, -0.25) is 4.79 Å². The zero-order valence-corrected chi connectivity index (χ0v) is 15.0. The lowest BCUT2D eigenvalue weighted by Crippen LogP contribution is -2.36. The average Bonchev–Trinajstić information content (AvgIpc) is 2.67. The SMILES string of the molecule is COC(=O)c1cccc(Nc2nc(C)cc(C(=O)N3CCCCC3)n2)c1. The maximum Gasteiger partial charge on any atom is 0.337 e. The Morgan fingerprint density at radius 1 is 1.12 bits per heavy atom. The fraction of sp³-hybridized carbons (Fsp3) is 0.368. The summed E-state index contributed by atoms with van der Waals surface area (Å²) in [4.78, 5) is 34.9. The zero-order valence-electron chi connectivity index (χ0n) is 15.0. The van der Waals surface area contributed by atoms with Crippen LogP contribution in [-0.4, -0.2) is 46.9 Å². The van der Waals surface area contributed by atoms with E-state index in [2.05, 4.69) is 15.3 Å². The van der Waals surface area contributed by atoms with Crippen LogP contribution in [0.15, 0.2) is 30.3 Å². The summed E-state index contributed by atoms with van der Waals surface area (Å²) in [6, 6.07) is 8.56. The normalized spacial score (nSPS) is 14.0. The summed E-state index contributed by atoms with van der Waals surface area (Å²) in [5.41, 5.74) is 2.16. The number of likely N-dealkylation sites (tertiary alicyclic amines) is 1. The molecule has 0 atom stereocenters. The molecule has 2 aromatic rings. The number of amides is 1. The highest BCUT2D eigenvalue weighted by Gasteiger charge is 2.20. The molecule has 0 radical (unpaired) electrons. The maximum atomic E-state index is 12.7. The summed E-state index contributed by atoms with van der Waals surface area (Å²) in [5.74, 6) is -0.159. The molecule has 2 heterocycles. The largest absolute Gasteiger partial charge is 0.465 e. The van der Waals surface area contributed by atoms with Crippen molar-refractivity contribution in [2.75, 3.05) is 25.5 Å². The van der Waals surface area contributed by atoms with Gasteiger partial charge in [0.05, 0.1) is 12.7 Å². The molecular formula is C19H22N4O3. The molecule has 1 fully saturated rings. The minimum absolute atomic E-state index is 0.0680. The molecule has 7 heteroatoms. The van der Waals surface area contributed by atoms with E-state index >= 15 is 0 Å². The Morgan fingerprint density at radius 3 is 2.62 bits per heavy atom. The second-order valence-corrected chi connectivity index (χ2v) is 6.27. The van der Waals surface area contributed by atoms with Gasteiger partial charge in [-0.2, -0.15) is 0 Å². The number of esters is 1. The summed E-state index contributed by atoms with van der Waals surface area (Å²) >= 11 is 0. The van der Waals surface area contributed by atoms with E-state index in [0.717, 1.165) is 32.4 Å². The number of anilines is 2. The molecule has 0 unspecified atom stereocenters. The van der Waals surface area contributed by atoms with Gasteiger partial charge in [0, 0.05) is 24.5 Å². The summed E-state index contributed by atoms with van der Waals surface area (Å²) in [6.45, 7) is 3.36. The van der Waals surface area contributed by atoms with E-state index in [1.54, 1.807) is 30.3 Å². The van der Waals surface area contributed by atoms with Crippen LogP contribution in [0.3, 0.4) is 0 Å². The molecule has 1 aromatic heterocycles. The minimum atomic E-state index is -0.417. The number of carbonyl (C=O) groups excluding carboxylic acids is 2. The number of nitrogens with zero attached hydrogens (tertiary/aromatic N) is 3. The number of piperidine rings is 1. The van der Waals surface area contributed by atoms with E-state index in [0.29, 0.717) is 28.6 Å². The van der Waals surface area contributed by atoms with Crippen LogP contribution in [0.2, 0.25) is 0 Å². The number of carbonyl (C=O) groups is 2. The molecule has 0 spiro atoms. The lowest BCUT2D eigenvalue weighted by molar-refractivity contribution is 0.0600. The van der Waals surface area contributed by atoms with Crippen molar-refractivity contribution in [3.63, 3.8) is 0 Å². The maximum absolute atomic E-state index is 12.7. The van der Waals surface area contributed by atoms with Crippen molar-refractivity contribution in [3.05, 3.63) is 47.3 Å². The Morgan fingerprint density at radius 2 is 1.88 bits per heavy atom. The van der Waals surface area contributed by atoms with E-state index in [4.69, 9.17) is 4.74 Å². The third-order valence-corrected chi connectivity index (χ3v) is 4.26. The third-order valence-electron chi connectivity index (χ3n) is 4.26. The number of aromatic nitrogens is 2. The first kappa shape index (κ1) is 17.8. The van der Waals surface area contributed by atoms with E-state index in [1.165, 1.54) is 7.11 Å². The summed E-state index contributed by atoms with van der Waals surface area (Å²) in [5, 5.41) is 3.06. The number of benzene rings is 1. The average molecular weight is 354 g/mol.